The maximum Gasteiger partial charge on any atom is 0.336 e. The van der Waals surface area contributed by atoms with Crippen molar-refractivity contribution in [3.8, 4) is 5.75 Å². The lowest BCUT2D eigenvalue weighted by molar-refractivity contribution is -0.143. The van der Waals surface area contributed by atoms with Gasteiger partial charge in [0, 0.05) is 23.9 Å². The van der Waals surface area contributed by atoms with Crippen molar-refractivity contribution in [3.63, 3.8) is 0 Å². The third kappa shape index (κ3) is 5.44. The Hall–Kier alpha value is -3.15. The summed E-state index contributed by atoms with van der Waals surface area (Å²) < 4.78 is 29.5. The Morgan fingerprint density at radius 2 is 1.90 bits per heavy atom. The lowest BCUT2D eigenvalue weighted by atomic mass is 10.0. The predicted molar refractivity (Wildman–Crippen MR) is 108 cm³/mol. The number of carbonyl (C=O) groups excluding carboxylic acids is 1. The van der Waals surface area contributed by atoms with E-state index in [1.165, 1.54) is 18.2 Å². The third-order valence-electron chi connectivity index (χ3n) is 4.51. The van der Waals surface area contributed by atoms with E-state index in [0.29, 0.717) is 24.4 Å². The Kier molecular flexibility index (Phi) is 6.65. The molecule has 1 aromatic heterocycles. The van der Waals surface area contributed by atoms with E-state index in [-0.39, 0.29) is 24.8 Å². The molecule has 3 aromatic rings. The number of halogens is 1. The van der Waals surface area contributed by atoms with Crippen molar-refractivity contribution in [2.45, 2.75) is 39.7 Å². The molecule has 152 valence electrons. The molecular formula is C23H23FO5. The first kappa shape index (κ1) is 20.6. The lowest BCUT2D eigenvalue weighted by Gasteiger charge is -2.14. The minimum atomic E-state index is -0.435. The molecule has 29 heavy (non-hydrogen) atoms. The first-order chi connectivity index (χ1) is 14.0. The Balaban J connectivity index is 1.88. The second-order valence-corrected chi connectivity index (χ2v) is 6.84. The molecule has 0 radical (unpaired) electrons. The van der Waals surface area contributed by atoms with Crippen molar-refractivity contribution in [1.82, 2.24) is 0 Å². The summed E-state index contributed by atoms with van der Waals surface area (Å²) in [6.45, 7) is 4.38. The van der Waals surface area contributed by atoms with E-state index in [0.717, 1.165) is 28.5 Å². The minimum Gasteiger partial charge on any atom is -0.488 e. The average molecular weight is 398 g/mol. The molecule has 0 atom stereocenters. The van der Waals surface area contributed by atoms with E-state index >= 15 is 0 Å². The number of benzene rings is 2. The van der Waals surface area contributed by atoms with Gasteiger partial charge in [0.05, 0.1) is 6.61 Å². The first-order valence-electron chi connectivity index (χ1n) is 9.56. The average Bonchev–Trinajstić information content (AvgIpc) is 2.70. The van der Waals surface area contributed by atoms with Crippen LogP contribution < -0.4 is 10.4 Å². The maximum atomic E-state index is 13.1. The van der Waals surface area contributed by atoms with Crippen LogP contribution in [0.25, 0.3) is 11.0 Å². The number of ether oxygens (including phenoxy) is 2. The monoisotopic (exact) mass is 398 g/mol. The second-order valence-electron chi connectivity index (χ2n) is 6.84. The SMILES string of the molecule is CCCOC(=O)CCc1cc2c(C)cc(=O)oc2cc1OCc1ccc(F)cc1. The van der Waals surface area contributed by atoms with Gasteiger partial charge in [0.2, 0.25) is 0 Å². The summed E-state index contributed by atoms with van der Waals surface area (Å²) in [6, 6.07) is 11.0. The van der Waals surface area contributed by atoms with E-state index in [1.807, 2.05) is 19.9 Å². The molecule has 0 spiro atoms. The van der Waals surface area contributed by atoms with Gasteiger partial charge < -0.3 is 13.9 Å². The normalized spacial score (nSPS) is 10.9. The van der Waals surface area contributed by atoms with Crippen LogP contribution in [0.5, 0.6) is 5.75 Å². The van der Waals surface area contributed by atoms with Crippen LogP contribution in [-0.2, 0) is 22.6 Å². The van der Waals surface area contributed by atoms with Gasteiger partial charge >= 0.3 is 11.6 Å². The fraction of sp³-hybridized carbons (Fsp3) is 0.304. The number of rotatable bonds is 8. The highest BCUT2D eigenvalue weighted by atomic mass is 19.1. The summed E-state index contributed by atoms with van der Waals surface area (Å²) in [7, 11) is 0. The fourth-order valence-corrected chi connectivity index (χ4v) is 2.99. The molecule has 5 nitrogen and oxygen atoms in total. The number of hydrogen-bond acceptors (Lipinski definition) is 5. The highest BCUT2D eigenvalue weighted by molar-refractivity contribution is 5.83. The lowest BCUT2D eigenvalue weighted by Crippen LogP contribution is -2.08. The zero-order valence-electron chi connectivity index (χ0n) is 16.5. The van der Waals surface area contributed by atoms with E-state index in [9.17, 15) is 14.0 Å². The molecule has 0 bridgehead atoms. The molecule has 3 rings (SSSR count). The summed E-state index contributed by atoms with van der Waals surface area (Å²) >= 11 is 0. The summed E-state index contributed by atoms with van der Waals surface area (Å²) in [5.74, 6) is -0.0744. The summed E-state index contributed by atoms with van der Waals surface area (Å²) in [4.78, 5) is 23.6. The highest BCUT2D eigenvalue weighted by Gasteiger charge is 2.13. The standard InChI is InChI=1S/C23H23FO5/c1-3-10-27-22(25)9-6-17-12-19-15(2)11-23(26)29-21(19)13-20(17)28-14-16-4-7-18(24)8-5-16/h4-5,7-8,11-13H,3,6,9-10,14H2,1-2H3. The molecule has 0 saturated heterocycles. The molecule has 0 aliphatic rings. The molecule has 2 aromatic carbocycles. The largest absolute Gasteiger partial charge is 0.488 e. The molecule has 0 unspecified atom stereocenters. The molecule has 1 heterocycles. The molecule has 0 amide bonds. The van der Waals surface area contributed by atoms with Gasteiger partial charge in [-0.05, 0) is 54.7 Å². The topological polar surface area (TPSA) is 65.7 Å². The number of hydrogen-bond donors (Lipinski definition) is 0. The Labute approximate surface area is 168 Å². The van der Waals surface area contributed by atoms with Gasteiger partial charge in [0.25, 0.3) is 0 Å². The van der Waals surface area contributed by atoms with Gasteiger partial charge in [-0.1, -0.05) is 19.1 Å². The van der Waals surface area contributed by atoms with E-state index in [1.54, 1.807) is 18.2 Å². The third-order valence-corrected chi connectivity index (χ3v) is 4.51. The van der Waals surface area contributed by atoms with Crippen molar-refractivity contribution in [1.29, 1.82) is 0 Å². The number of carbonyl (C=O) groups is 1. The molecule has 0 aliphatic heterocycles. The van der Waals surface area contributed by atoms with Crippen LogP contribution in [-0.4, -0.2) is 12.6 Å². The van der Waals surface area contributed by atoms with Crippen molar-refractivity contribution in [2.24, 2.45) is 0 Å². The molecule has 0 fully saturated rings. The Morgan fingerprint density at radius 3 is 2.62 bits per heavy atom. The smallest absolute Gasteiger partial charge is 0.336 e. The summed E-state index contributed by atoms with van der Waals surface area (Å²) in [5.41, 5.74) is 2.38. The molecular weight excluding hydrogens is 375 g/mol. The molecule has 0 aliphatic carbocycles. The van der Waals surface area contributed by atoms with Crippen LogP contribution in [0.4, 0.5) is 4.39 Å². The number of esters is 1. The Bertz CT molecular complexity index is 1050. The van der Waals surface area contributed by atoms with Crippen molar-refractivity contribution in [3.05, 3.63) is 75.4 Å². The fourth-order valence-electron chi connectivity index (χ4n) is 2.99. The zero-order chi connectivity index (χ0) is 20.8. The van der Waals surface area contributed by atoms with Crippen LogP contribution in [0, 0.1) is 12.7 Å². The van der Waals surface area contributed by atoms with Gasteiger partial charge in [-0.25, -0.2) is 9.18 Å². The van der Waals surface area contributed by atoms with Gasteiger partial charge in [-0.2, -0.15) is 0 Å². The van der Waals surface area contributed by atoms with Gasteiger partial charge in [0.1, 0.15) is 23.8 Å². The minimum absolute atomic E-state index is 0.217. The van der Waals surface area contributed by atoms with Crippen LogP contribution in [0.3, 0.4) is 0 Å². The molecule has 0 saturated carbocycles. The van der Waals surface area contributed by atoms with Crippen LogP contribution in [0.1, 0.15) is 36.5 Å². The molecule has 0 N–H and O–H groups in total. The highest BCUT2D eigenvalue weighted by Crippen LogP contribution is 2.29. The number of aryl methyl sites for hydroxylation is 2. The van der Waals surface area contributed by atoms with Crippen molar-refractivity contribution < 1.29 is 23.1 Å². The number of fused-ring (bicyclic) bond motifs is 1. The van der Waals surface area contributed by atoms with E-state index in [4.69, 9.17) is 13.9 Å². The van der Waals surface area contributed by atoms with E-state index < -0.39 is 5.63 Å². The van der Waals surface area contributed by atoms with Gasteiger partial charge in [-0.15, -0.1) is 0 Å². The second kappa shape index (κ2) is 9.37. The maximum absolute atomic E-state index is 13.1. The summed E-state index contributed by atoms with van der Waals surface area (Å²) in [5, 5.41) is 0.788. The van der Waals surface area contributed by atoms with Crippen LogP contribution in [0.2, 0.25) is 0 Å². The van der Waals surface area contributed by atoms with Crippen LogP contribution >= 0.6 is 0 Å². The summed E-state index contributed by atoms with van der Waals surface area (Å²) in [6.07, 6.45) is 1.41. The van der Waals surface area contributed by atoms with Crippen molar-refractivity contribution >= 4 is 16.9 Å². The Morgan fingerprint density at radius 1 is 1.14 bits per heavy atom. The zero-order valence-corrected chi connectivity index (χ0v) is 16.5. The van der Waals surface area contributed by atoms with E-state index in [2.05, 4.69) is 0 Å². The van der Waals surface area contributed by atoms with Gasteiger partial charge in [0.15, 0.2) is 0 Å². The predicted octanol–water partition coefficient (Wildman–Crippen LogP) is 4.71. The van der Waals surface area contributed by atoms with Crippen LogP contribution in [0.15, 0.2) is 51.7 Å². The quantitative estimate of drug-likeness (QED) is 0.406. The van der Waals surface area contributed by atoms with Gasteiger partial charge in [-0.3, -0.25) is 4.79 Å². The first-order valence-corrected chi connectivity index (χ1v) is 9.56. The molecule has 6 heteroatoms. The van der Waals surface area contributed by atoms with Crippen molar-refractivity contribution in [2.75, 3.05) is 6.61 Å².